The largest absolute Gasteiger partial charge is 0.294 e. The second kappa shape index (κ2) is 2.96. The van der Waals surface area contributed by atoms with Crippen LogP contribution in [0.2, 0.25) is 0 Å². The first-order valence-electron chi connectivity index (χ1n) is 4.91. The van der Waals surface area contributed by atoms with E-state index in [2.05, 4.69) is 11.5 Å². The lowest BCUT2D eigenvalue weighted by Crippen LogP contribution is -2.32. The van der Waals surface area contributed by atoms with Crippen LogP contribution in [0.25, 0.3) is 17.9 Å². The van der Waals surface area contributed by atoms with Gasteiger partial charge in [-0.25, -0.2) is 0 Å². The van der Waals surface area contributed by atoms with Crippen molar-refractivity contribution in [3.63, 3.8) is 0 Å². The number of carbonyl (C=O) groups is 1. The van der Waals surface area contributed by atoms with E-state index in [4.69, 9.17) is 0 Å². The van der Waals surface area contributed by atoms with Crippen LogP contribution in [0.15, 0.2) is 30.0 Å². The summed E-state index contributed by atoms with van der Waals surface area (Å²) in [6.07, 6.45) is 8.17. The zero-order valence-electron chi connectivity index (χ0n) is 8.08. The van der Waals surface area contributed by atoms with Crippen molar-refractivity contribution in [2.45, 2.75) is 6.42 Å². The Labute approximate surface area is 87.1 Å². The highest BCUT2D eigenvalue weighted by Crippen LogP contribution is 2.14. The molecule has 0 unspecified atom stereocenters. The third-order valence-electron chi connectivity index (χ3n) is 2.69. The molecule has 1 heteroatoms. The van der Waals surface area contributed by atoms with E-state index in [1.54, 1.807) is 0 Å². The first-order valence-corrected chi connectivity index (χ1v) is 4.91. The van der Waals surface area contributed by atoms with Gasteiger partial charge < -0.3 is 0 Å². The van der Waals surface area contributed by atoms with Crippen LogP contribution in [0.3, 0.4) is 0 Å². The number of allylic oxidation sites excluding steroid dienone is 2. The molecule has 15 heavy (non-hydrogen) atoms. The van der Waals surface area contributed by atoms with Gasteiger partial charge in [0.05, 0.1) is 0 Å². The van der Waals surface area contributed by atoms with Crippen molar-refractivity contribution in [1.29, 1.82) is 0 Å². The molecule has 70 valence electrons. The maximum Gasteiger partial charge on any atom is 0.168 e. The van der Waals surface area contributed by atoms with Gasteiger partial charge in [-0.15, -0.1) is 0 Å². The molecule has 0 fully saturated rings. The third kappa shape index (κ3) is 1.15. The number of rotatable bonds is 0. The van der Waals surface area contributed by atoms with Gasteiger partial charge >= 0.3 is 0 Å². The SMILES string of the molecule is O=C1CC=Cc2ccc3c(c21)=C=C=CC=3. The molecule has 0 heterocycles. The maximum atomic E-state index is 11.8. The Kier molecular flexibility index (Phi) is 1.63. The number of carbonyl (C=O) groups excluding carboxylic acids is 1. The molecule has 0 spiro atoms. The lowest BCUT2D eigenvalue weighted by atomic mass is 9.93. The van der Waals surface area contributed by atoms with Crippen LogP contribution < -0.4 is 10.4 Å². The minimum atomic E-state index is 0.175. The minimum Gasteiger partial charge on any atom is -0.294 e. The molecular formula is C14H8O. The third-order valence-corrected chi connectivity index (χ3v) is 2.69. The topological polar surface area (TPSA) is 17.1 Å². The number of Topliss-reactive ketones (excluding diaryl/α,β-unsaturated/α-hetero) is 1. The molecule has 0 saturated carbocycles. The molecular weight excluding hydrogens is 184 g/mol. The zero-order chi connectivity index (χ0) is 10.3. The lowest BCUT2D eigenvalue weighted by Gasteiger charge is -2.09. The van der Waals surface area contributed by atoms with E-state index in [0.29, 0.717) is 6.42 Å². The summed E-state index contributed by atoms with van der Waals surface area (Å²) < 4.78 is 0. The van der Waals surface area contributed by atoms with Crippen molar-refractivity contribution in [3.05, 3.63) is 51.6 Å². The molecule has 0 aromatic heterocycles. The summed E-state index contributed by atoms with van der Waals surface area (Å²) in [5, 5.41) is 1.94. The van der Waals surface area contributed by atoms with Crippen LogP contribution in [-0.4, -0.2) is 5.78 Å². The number of benzene rings is 1. The van der Waals surface area contributed by atoms with Gasteiger partial charge in [-0.3, -0.25) is 4.79 Å². The van der Waals surface area contributed by atoms with Crippen molar-refractivity contribution in [1.82, 2.24) is 0 Å². The average molecular weight is 192 g/mol. The first kappa shape index (κ1) is 8.26. The molecule has 2 aliphatic rings. The van der Waals surface area contributed by atoms with Crippen LogP contribution in [0.5, 0.6) is 0 Å². The predicted octanol–water partition coefficient (Wildman–Crippen LogP) is 1.17. The van der Waals surface area contributed by atoms with Gasteiger partial charge in [-0.2, -0.15) is 0 Å². The van der Waals surface area contributed by atoms with E-state index in [1.807, 2.05) is 36.4 Å². The highest BCUT2D eigenvalue weighted by molar-refractivity contribution is 6.03. The normalized spacial score (nSPS) is 15.3. The van der Waals surface area contributed by atoms with Gasteiger partial charge in [0.25, 0.3) is 0 Å². The molecule has 0 bridgehead atoms. The van der Waals surface area contributed by atoms with E-state index in [9.17, 15) is 4.79 Å². The molecule has 0 radical (unpaired) electrons. The van der Waals surface area contributed by atoms with Gasteiger partial charge in [-0.1, -0.05) is 35.7 Å². The average Bonchev–Trinajstić information content (AvgIpc) is 2.29. The molecule has 0 N–H and O–H groups in total. The van der Waals surface area contributed by atoms with Gasteiger partial charge in [0.2, 0.25) is 0 Å². The van der Waals surface area contributed by atoms with Gasteiger partial charge in [-0.05, 0) is 22.9 Å². The Morgan fingerprint density at radius 2 is 2.20 bits per heavy atom. The Morgan fingerprint density at radius 1 is 1.27 bits per heavy atom. The second-order valence-corrected chi connectivity index (χ2v) is 3.63. The standard InChI is InChI=1S/C14H8O/c15-13-7-3-5-11-9-8-10-4-1-2-6-12(10)14(11)13/h1,3-5,8-9H,7H2. The number of ketones is 1. The summed E-state index contributed by atoms with van der Waals surface area (Å²) in [5.41, 5.74) is 7.73. The molecule has 0 aliphatic heterocycles. The minimum absolute atomic E-state index is 0.175. The maximum absolute atomic E-state index is 11.8. The van der Waals surface area contributed by atoms with Crippen LogP contribution in [-0.2, 0) is 0 Å². The van der Waals surface area contributed by atoms with Crippen LogP contribution >= 0.6 is 0 Å². The lowest BCUT2D eigenvalue weighted by molar-refractivity contribution is 0.0993. The molecule has 1 aromatic rings. The summed E-state index contributed by atoms with van der Waals surface area (Å²) in [4.78, 5) is 11.8. The van der Waals surface area contributed by atoms with Crippen molar-refractivity contribution < 1.29 is 4.79 Å². The van der Waals surface area contributed by atoms with Gasteiger partial charge in [0.1, 0.15) is 0 Å². The Morgan fingerprint density at radius 3 is 3.13 bits per heavy atom. The quantitative estimate of drug-likeness (QED) is 0.564. The zero-order valence-corrected chi connectivity index (χ0v) is 8.08. The molecule has 0 atom stereocenters. The highest BCUT2D eigenvalue weighted by Gasteiger charge is 2.14. The van der Waals surface area contributed by atoms with E-state index >= 15 is 0 Å². The fraction of sp³-hybridized carbons (Fsp3) is 0.0714. The van der Waals surface area contributed by atoms with E-state index < -0.39 is 0 Å². The number of fused-ring (bicyclic) bond motifs is 3. The molecule has 1 nitrogen and oxygen atoms in total. The first-order chi connectivity index (χ1) is 7.36. The van der Waals surface area contributed by atoms with Gasteiger partial charge in [0, 0.05) is 17.2 Å². The molecule has 0 amide bonds. The van der Waals surface area contributed by atoms with Crippen molar-refractivity contribution in [2.75, 3.05) is 0 Å². The molecule has 0 saturated heterocycles. The van der Waals surface area contributed by atoms with Crippen LogP contribution in [0, 0.1) is 0 Å². The molecule has 3 rings (SSSR count). The summed E-state index contributed by atoms with van der Waals surface area (Å²) in [7, 11) is 0. The fourth-order valence-electron chi connectivity index (χ4n) is 1.99. The monoisotopic (exact) mass is 192 g/mol. The number of hydrogen-bond acceptors (Lipinski definition) is 1. The summed E-state index contributed by atoms with van der Waals surface area (Å²) >= 11 is 0. The highest BCUT2D eigenvalue weighted by atomic mass is 16.1. The molecule has 1 aromatic carbocycles. The van der Waals surface area contributed by atoms with E-state index in [0.717, 1.165) is 21.6 Å². The predicted molar refractivity (Wildman–Crippen MR) is 59.6 cm³/mol. The van der Waals surface area contributed by atoms with E-state index in [1.165, 1.54) is 0 Å². The Hall–Kier alpha value is -2.07. The summed E-state index contributed by atoms with van der Waals surface area (Å²) in [6, 6.07) is 4.00. The summed E-state index contributed by atoms with van der Waals surface area (Å²) in [5.74, 6) is 0.175. The Bertz CT molecular complexity index is 677. The van der Waals surface area contributed by atoms with Crippen molar-refractivity contribution >= 4 is 23.7 Å². The second-order valence-electron chi connectivity index (χ2n) is 3.63. The van der Waals surface area contributed by atoms with Crippen LogP contribution in [0.4, 0.5) is 0 Å². The number of hydrogen-bond donors (Lipinski definition) is 0. The van der Waals surface area contributed by atoms with Crippen molar-refractivity contribution in [2.24, 2.45) is 0 Å². The fourth-order valence-corrected chi connectivity index (χ4v) is 1.99. The van der Waals surface area contributed by atoms with E-state index in [-0.39, 0.29) is 5.78 Å². The van der Waals surface area contributed by atoms with Crippen LogP contribution in [0.1, 0.15) is 22.3 Å². The van der Waals surface area contributed by atoms with Crippen molar-refractivity contribution in [3.8, 4) is 0 Å². The van der Waals surface area contributed by atoms with Gasteiger partial charge in [0.15, 0.2) is 5.78 Å². The summed E-state index contributed by atoms with van der Waals surface area (Å²) in [6.45, 7) is 0. The Balaban J connectivity index is 2.59. The smallest absolute Gasteiger partial charge is 0.168 e. The molecule has 2 aliphatic carbocycles.